The highest BCUT2D eigenvalue weighted by Crippen LogP contribution is 2.17. The van der Waals surface area contributed by atoms with Crippen molar-refractivity contribution in [3.8, 4) is 0 Å². The third-order valence-corrected chi connectivity index (χ3v) is 3.43. The Bertz CT molecular complexity index is 494. The van der Waals surface area contributed by atoms with Crippen molar-refractivity contribution in [2.45, 2.75) is 27.3 Å². The minimum Gasteiger partial charge on any atom is -0.347 e. The molecule has 0 fully saturated rings. The van der Waals surface area contributed by atoms with E-state index in [0.29, 0.717) is 0 Å². The van der Waals surface area contributed by atoms with E-state index in [-0.39, 0.29) is 0 Å². The van der Waals surface area contributed by atoms with Gasteiger partial charge in [0.15, 0.2) is 0 Å². The van der Waals surface area contributed by atoms with Crippen LogP contribution in [0.3, 0.4) is 0 Å². The smallest absolute Gasteiger partial charge is 0.0472 e. The van der Waals surface area contributed by atoms with Crippen LogP contribution in [0, 0.1) is 20.8 Å². The van der Waals surface area contributed by atoms with Crippen molar-refractivity contribution in [2.24, 2.45) is 0 Å². The van der Waals surface area contributed by atoms with Gasteiger partial charge in [-0.1, -0.05) is 23.7 Å². The molecular formula is C14H16ClN. The molecule has 1 nitrogen and oxygen atoms in total. The summed E-state index contributed by atoms with van der Waals surface area (Å²) in [5.74, 6) is 0. The number of halogens is 1. The van der Waals surface area contributed by atoms with E-state index in [1.54, 1.807) is 0 Å². The highest BCUT2D eigenvalue weighted by atomic mass is 35.5. The highest BCUT2D eigenvalue weighted by Gasteiger charge is 2.05. The predicted octanol–water partition coefficient (Wildman–Crippen LogP) is 4.12. The average Bonchev–Trinajstić information content (AvgIpc) is 2.50. The minimum atomic E-state index is 0.792. The fraction of sp³-hybridized carbons (Fsp3) is 0.286. The fourth-order valence-electron chi connectivity index (χ4n) is 1.88. The Balaban J connectivity index is 2.27. The second-order valence-electron chi connectivity index (χ2n) is 4.28. The van der Waals surface area contributed by atoms with Crippen LogP contribution in [-0.4, -0.2) is 4.57 Å². The lowest BCUT2D eigenvalue weighted by molar-refractivity contribution is 0.772. The van der Waals surface area contributed by atoms with Gasteiger partial charge in [0.2, 0.25) is 0 Å². The third-order valence-electron chi connectivity index (χ3n) is 3.18. The quantitative estimate of drug-likeness (QED) is 0.736. The van der Waals surface area contributed by atoms with Crippen LogP contribution in [0.2, 0.25) is 5.02 Å². The SMILES string of the molecule is Cc1cn(Cc2ccc(Cl)cc2)c(C)c1C. The molecule has 0 aliphatic carbocycles. The number of hydrogen-bond acceptors (Lipinski definition) is 0. The topological polar surface area (TPSA) is 4.93 Å². The molecule has 2 heteroatoms. The van der Waals surface area contributed by atoms with E-state index in [0.717, 1.165) is 11.6 Å². The van der Waals surface area contributed by atoms with Crippen molar-refractivity contribution in [3.63, 3.8) is 0 Å². The molecule has 0 unspecified atom stereocenters. The Morgan fingerprint density at radius 2 is 1.69 bits per heavy atom. The van der Waals surface area contributed by atoms with Crippen LogP contribution >= 0.6 is 11.6 Å². The zero-order chi connectivity index (χ0) is 11.7. The number of benzene rings is 1. The summed E-state index contributed by atoms with van der Waals surface area (Å²) in [6, 6.07) is 8.03. The normalized spacial score (nSPS) is 10.8. The minimum absolute atomic E-state index is 0.792. The van der Waals surface area contributed by atoms with Crippen molar-refractivity contribution in [2.75, 3.05) is 0 Å². The summed E-state index contributed by atoms with van der Waals surface area (Å²) < 4.78 is 2.29. The van der Waals surface area contributed by atoms with E-state index in [1.165, 1.54) is 22.4 Å². The van der Waals surface area contributed by atoms with E-state index in [1.807, 2.05) is 12.1 Å². The maximum atomic E-state index is 5.87. The summed E-state index contributed by atoms with van der Waals surface area (Å²) in [5.41, 5.74) is 5.36. The maximum Gasteiger partial charge on any atom is 0.0472 e. The molecule has 1 heterocycles. The molecule has 0 atom stereocenters. The van der Waals surface area contributed by atoms with Gasteiger partial charge in [0.25, 0.3) is 0 Å². The van der Waals surface area contributed by atoms with Gasteiger partial charge in [-0.3, -0.25) is 0 Å². The number of nitrogens with zero attached hydrogens (tertiary/aromatic N) is 1. The zero-order valence-electron chi connectivity index (χ0n) is 9.92. The number of aromatic nitrogens is 1. The number of rotatable bonds is 2. The molecule has 0 bridgehead atoms. The van der Waals surface area contributed by atoms with Gasteiger partial charge in [-0.25, -0.2) is 0 Å². The number of hydrogen-bond donors (Lipinski definition) is 0. The molecule has 16 heavy (non-hydrogen) atoms. The average molecular weight is 234 g/mol. The van der Waals surface area contributed by atoms with Gasteiger partial charge in [-0.2, -0.15) is 0 Å². The Morgan fingerprint density at radius 3 is 2.19 bits per heavy atom. The van der Waals surface area contributed by atoms with Crippen molar-refractivity contribution >= 4 is 11.6 Å². The van der Waals surface area contributed by atoms with Gasteiger partial charge in [-0.05, 0) is 49.6 Å². The second kappa shape index (κ2) is 4.34. The Morgan fingerprint density at radius 1 is 1.06 bits per heavy atom. The maximum absolute atomic E-state index is 5.87. The summed E-state index contributed by atoms with van der Waals surface area (Å²) in [7, 11) is 0. The van der Waals surface area contributed by atoms with Crippen LogP contribution < -0.4 is 0 Å². The molecule has 2 aromatic rings. The monoisotopic (exact) mass is 233 g/mol. The van der Waals surface area contributed by atoms with Crippen molar-refractivity contribution in [1.29, 1.82) is 0 Å². The van der Waals surface area contributed by atoms with E-state index in [9.17, 15) is 0 Å². The highest BCUT2D eigenvalue weighted by molar-refractivity contribution is 6.30. The lowest BCUT2D eigenvalue weighted by Gasteiger charge is -2.06. The van der Waals surface area contributed by atoms with Crippen LogP contribution in [0.25, 0.3) is 0 Å². The molecule has 0 saturated carbocycles. The molecule has 0 aliphatic heterocycles. The van der Waals surface area contributed by atoms with Crippen LogP contribution in [-0.2, 0) is 6.54 Å². The predicted molar refractivity (Wildman–Crippen MR) is 69.2 cm³/mol. The molecule has 0 spiro atoms. The lowest BCUT2D eigenvalue weighted by atomic mass is 10.2. The first kappa shape index (κ1) is 11.3. The molecule has 0 amide bonds. The van der Waals surface area contributed by atoms with E-state index in [2.05, 4.69) is 43.7 Å². The number of aryl methyl sites for hydroxylation is 1. The molecule has 1 aromatic carbocycles. The first-order valence-corrected chi connectivity index (χ1v) is 5.83. The van der Waals surface area contributed by atoms with Gasteiger partial charge in [0.1, 0.15) is 0 Å². The molecular weight excluding hydrogens is 218 g/mol. The summed E-state index contributed by atoms with van der Waals surface area (Å²) in [6.45, 7) is 7.40. The van der Waals surface area contributed by atoms with Gasteiger partial charge < -0.3 is 4.57 Å². The van der Waals surface area contributed by atoms with Gasteiger partial charge in [0, 0.05) is 23.5 Å². The fourth-order valence-corrected chi connectivity index (χ4v) is 2.00. The summed E-state index contributed by atoms with van der Waals surface area (Å²) in [6.07, 6.45) is 2.21. The van der Waals surface area contributed by atoms with Crippen molar-refractivity contribution < 1.29 is 0 Å². The van der Waals surface area contributed by atoms with Crippen molar-refractivity contribution in [3.05, 3.63) is 57.9 Å². The van der Waals surface area contributed by atoms with Gasteiger partial charge >= 0.3 is 0 Å². The first-order valence-electron chi connectivity index (χ1n) is 5.45. The Labute approximate surface area is 102 Å². The molecule has 2 rings (SSSR count). The molecule has 0 radical (unpaired) electrons. The van der Waals surface area contributed by atoms with Crippen LogP contribution in [0.1, 0.15) is 22.4 Å². The summed E-state index contributed by atoms with van der Waals surface area (Å²) in [5, 5.41) is 0.792. The van der Waals surface area contributed by atoms with E-state index in [4.69, 9.17) is 11.6 Å². The van der Waals surface area contributed by atoms with Gasteiger partial charge in [0.05, 0.1) is 0 Å². The summed E-state index contributed by atoms with van der Waals surface area (Å²) >= 11 is 5.87. The lowest BCUT2D eigenvalue weighted by Crippen LogP contribution is -2.00. The van der Waals surface area contributed by atoms with Crippen LogP contribution in [0.4, 0.5) is 0 Å². The molecule has 0 saturated heterocycles. The van der Waals surface area contributed by atoms with Crippen LogP contribution in [0.15, 0.2) is 30.5 Å². The summed E-state index contributed by atoms with van der Waals surface area (Å²) in [4.78, 5) is 0. The Hall–Kier alpha value is -1.21. The second-order valence-corrected chi connectivity index (χ2v) is 4.71. The molecule has 1 aromatic heterocycles. The largest absolute Gasteiger partial charge is 0.347 e. The third kappa shape index (κ3) is 2.14. The van der Waals surface area contributed by atoms with E-state index < -0.39 is 0 Å². The standard InChI is InChI=1S/C14H16ClN/c1-10-8-16(12(3)11(10)2)9-13-4-6-14(15)7-5-13/h4-8H,9H2,1-3H3. The molecule has 0 N–H and O–H groups in total. The van der Waals surface area contributed by atoms with Crippen LogP contribution in [0.5, 0.6) is 0 Å². The molecule has 0 aliphatic rings. The molecule has 84 valence electrons. The Kier molecular flexibility index (Phi) is 3.06. The van der Waals surface area contributed by atoms with Crippen molar-refractivity contribution in [1.82, 2.24) is 4.57 Å². The van der Waals surface area contributed by atoms with E-state index >= 15 is 0 Å². The first-order chi connectivity index (χ1) is 7.58. The van der Waals surface area contributed by atoms with Gasteiger partial charge in [-0.15, -0.1) is 0 Å². The zero-order valence-corrected chi connectivity index (χ0v) is 10.7.